The fourth-order valence-electron chi connectivity index (χ4n) is 2.17. The Balaban J connectivity index is 2.09. The number of rotatable bonds is 6. The van der Waals surface area contributed by atoms with Crippen molar-refractivity contribution in [3.63, 3.8) is 0 Å². The van der Waals surface area contributed by atoms with E-state index in [9.17, 15) is 20.2 Å². The molecule has 0 bridgehead atoms. The summed E-state index contributed by atoms with van der Waals surface area (Å²) in [5.74, 6) is -0.622. The Kier molecular flexibility index (Phi) is 5.85. The summed E-state index contributed by atoms with van der Waals surface area (Å²) in [6.07, 6.45) is 1.44. The van der Waals surface area contributed by atoms with Gasteiger partial charge < -0.3 is 10.2 Å². The van der Waals surface area contributed by atoms with Gasteiger partial charge in [0.1, 0.15) is 11.6 Å². The van der Waals surface area contributed by atoms with E-state index in [1.54, 1.807) is 11.9 Å². The van der Waals surface area contributed by atoms with Crippen LogP contribution in [0.1, 0.15) is 5.56 Å². The quantitative estimate of drug-likeness (QED) is 0.378. The lowest BCUT2D eigenvalue weighted by atomic mass is 10.2. The van der Waals surface area contributed by atoms with Crippen LogP contribution in [0.15, 0.2) is 66.4 Å². The summed E-state index contributed by atoms with van der Waals surface area (Å²) in [5, 5.41) is 22.5. The van der Waals surface area contributed by atoms with Crippen LogP contribution in [0.5, 0.6) is 0 Å². The van der Waals surface area contributed by atoms with E-state index in [0.717, 1.165) is 5.56 Å². The molecule has 0 aliphatic carbocycles. The van der Waals surface area contributed by atoms with E-state index in [1.807, 2.05) is 36.4 Å². The number of hydrogen-bond donors (Lipinski definition) is 1. The molecule has 1 N–H and O–H groups in total. The number of carbonyl (C=O) groups excluding carboxylic acids is 1. The van der Waals surface area contributed by atoms with Crippen LogP contribution in [0, 0.1) is 21.4 Å². The molecule has 1 amide bonds. The third-order valence-electron chi connectivity index (χ3n) is 3.30. The lowest BCUT2D eigenvalue weighted by Gasteiger charge is -2.14. The zero-order chi connectivity index (χ0) is 18.2. The number of nitro groups is 1. The maximum absolute atomic E-state index is 12.2. The molecule has 0 unspecified atom stereocenters. The van der Waals surface area contributed by atoms with Crippen LogP contribution in [-0.2, 0) is 11.3 Å². The Morgan fingerprint density at radius 3 is 2.64 bits per heavy atom. The van der Waals surface area contributed by atoms with Gasteiger partial charge in [-0.05, 0) is 11.6 Å². The number of non-ortho nitro benzene ring substituents is 1. The molecule has 7 heteroatoms. The van der Waals surface area contributed by atoms with E-state index in [-0.39, 0.29) is 16.9 Å². The number of nitrogens with one attached hydrogen (secondary N) is 1. The van der Waals surface area contributed by atoms with Crippen molar-refractivity contribution in [3.05, 3.63) is 82.0 Å². The lowest BCUT2D eigenvalue weighted by molar-refractivity contribution is -0.384. The summed E-state index contributed by atoms with van der Waals surface area (Å²) in [4.78, 5) is 24.2. The van der Waals surface area contributed by atoms with Gasteiger partial charge in [0.25, 0.3) is 11.6 Å². The minimum Gasteiger partial charge on any atom is -0.375 e. The van der Waals surface area contributed by atoms with Crippen LogP contribution in [0.25, 0.3) is 0 Å². The summed E-state index contributed by atoms with van der Waals surface area (Å²) in [7, 11) is 1.75. The number of nitrogens with zero attached hydrogens (tertiary/aromatic N) is 3. The maximum Gasteiger partial charge on any atom is 0.271 e. The molecule has 0 aliphatic heterocycles. The van der Waals surface area contributed by atoms with Crippen LogP contribution in [0.3, 0.4) is 0 Å². The number of carbonyl (C=O) groups is 1. The molecule has 2 rings (SSSR count). The number of amides is 1. The molecule has 0 spiro atoms. The predicted octanol–water partition coefficient (Wildman–Crippen LogP) is 3.07. The number of benzene rings is 2. The van der Waals surface area contributed by atoms with Gasteiger partial charge in [-0.25, -0.2) is 0 Å². The van der Waals surface area contributed by atoms with Crippen LogP contribution in [0.2, 0.25) is 0 Å². The average molecular weight is 336 g/mol. The zero-order valence-electron chi connectivity index (χ0n) is 13.5. The predicted molar refractivity (Wildman–Crippen MR) is 93.3 cm³/mol. The Morgan fingerprint density at radius 1 is 1.28 bits per heavy atom. The Labute approximate surface area is 145 Å². The van der Waals surface area contributed by atoms with Crippen molar-refractivity contribution in [1.29, 1.82) is 5.26 Å². The van der Waals surface area contributed by atoms with Gasteiger partial charge in [-0.1, -0.05) is 36.4 Å². The molecule has 2 aromatic rings. The van der Waals surface area contributed by atoms with Gasteiger partial charge in [-0.15, -0.1) is 0 Å². The smallest absolute Gasteiger partial charge is 0.271 e. The first kappa shape index (κ1) is 17.7. The molecular formula is C18H16N4O3. The minimum absolute atomic E-state index is 0.0927. The summed E-state index contributed by atoms with van der Waals surface area (Å²) in [6.45, 7) is 0.538. The molecule has 25 heavy (non-hydrogen) atoms. The van der Waals surface area contributed by atoms with E-state index < -0.39 is 10.8 Å². The fraction of sp³-hybridized carbons (Fsp3) is 0.111. The third-order valence-corrected chi connectivity index (χ3v) is 3.30. The number of anilines is 1. The highest BCUT2D eigenvalue weighted by Crippen LogP contribution is 2.17. The van der Waals surface area contributed by atoms with Gasteiger partial charge in [0.2, 0.25) is 0 Å². The van der Waals surface area contributed by atoms with Crippen molar-refractivity contribution in [3.8, 4) is 6.07 Å². The monoisotopic (exact) mass is 336 g/mol. The molecule has 0 radical (unpaired) electrons. The second-order valence-electron chi connectivity index (χ2n) is 5.32. The standard InChI is InChI=1S/C18H16N4O3/c1-21(12-14-6-3-2-4-7-14)13-15(11-19)18(23)20-16-8-5-9-17(10-16)22(24)25/h2-10,13H,12H2,1H3,(H,20,23)/b15-13-. The summed E-state index contributed by atoms with van der Waals surface area (Å²) in [6, 6.07) is 17.0. The third kappa shape index (κ3) is 5.18. The highest BCUT2D eigenvalue weighted by atomic mass is 16.6. The summed E-state index contributed by atoms with van der Waals surface area (Å²) >= 11 is 0. The van der Waals surface area contributed by atoms with E-state index in [2.05, 4.69) is 5.32 Å². The maximum atomic E-state index is 12.2. The normalized spacial score (nSPS) is 10.6. The van der Waals surface area contributed by atoms with Gasteiger partial charge in [-0.3, -0.25) is 14.9 Å². The van der Waals surface area contributed by atoms with Gasteiger partial charge in [0.15, 0.2) is 0 Å². The molecule has 0 atom stereocenters. The van der Waals surface area contributed by atoms with Gasteiger partial charge in [-0.2, -0.15) is 5.26 Å². The second kappa shape index (κ2) is 8.26. The Hall–Kier alpha value is -3.66. The minimum atomic E-state index is -0.622. The van der Waals surface area contributed by atoms with Crippen LogP contribution >= 0.6 is 0 Å². The van der Waals surface area contributed by atoms with Gasteiger partial charge in [0, 0.05) is 37.6 Å². The Bertz CT molecular complexity index is 841. The van der Waals surface area contributed by atoms with Crippen molar-refractivity contribution < 1.29 is 9.72 Å². The zero-order valence-corrected chi connectivity index (χ0v) is 13.5. The second-order valence-corrected chi connectivity index (χ2v) is 5.32. The number of hydrogen-bond acceptors (Lipinski definition) is 5. The SMILES string of the molecule is CN(/C=C(/C#N)C(=O)Nc1cccc([N+](=O)[O-])c1)Cc1ccccc1. The van der Waals surface area contributed by atoms with Crippen molar-refractivity contribution in [2.75, 3.05) is 12.4 Å². The molecule has 2 aromatic carbocycles. The lowest BCUT2D eigenvalue weighted by Crippen LogP contribution is -2.18. The summed E-state index contributed by atoms with van der Waals surface area (Å²) in [5.41, 5.74) is 1.06. The summed E-state index contributed by atoms with van der Waals surface area (Å²) < 4.78 is 0. The first-order chi connectivity index (χ1) is 12.0. The number of nitro benzene ring substituents is 1. The van der Waals surface area contributed by atoms with E-state index >= 15 is 0 Å². The van der Waals surface area contributed by atoms with Crippen LogP contribution < -0.4 is 5.32 Å². The first-order valence-corrected chi connectivity index (χ1v) is 7.41. The van der Waals surface area contributed by atoms with Crippen LogP contribution in [0.4, 0.5) is 11.4 Å². The molecule has 0 aliphatic rings. The molecule has 126 valence electrons. The Morgan fingerprint density at radius 2 is 2.00 bits per heavy atom. The first-order valence-electron chi connectivity index (χ1n) is 7.41. The van der Waals surface area contributed by atoms with Gasteiger partial charge in [0.05, 0.1) is 4.92 Å². The van der Waals surface area contributed by atoms with Crippen molar-refractivity contribution >= 4 is 17.3 Å². The molecule has 0 saturated heterocycles. The fourth-order valence-corrected chi connectivity index (χ4v) is 2.17. The van der Waals surface area contributed by atoms with Crippen molar-refractivity contribution in [2.45, 2.75) is 6.54 Å². The van der Waals surface area contributed by atoms with Gasteiger partial charge >= 0.3 is 0 Å². The number of nitriles is 1. The topological polar surface area (TPSA) is 99.3 Å². The van der Waals surface area contributed by atoms with E-state index in [1.165, 1.54) is 30.5 Å². The average Bonchev–Trinajstić information content (AvgIpc) is 2.60. The molecule has 0 aromatic heterocycles. The van der Waals surface area contributed by atoms with Crippen LogP contribution in [-0.4, -0.2) is 22.8 Å². The van der Waals surface area contributed by atoms with Crippen molar-refractivity contribution in [1.82, 2.24) is 4.90 Å². The largest absolute Gasteiger partial charge is 0.375 e. The molecule has 7 nitrogen and oxygen atoms in total. The molecular weight excluding hydrogens is 320 g/mol. The van der Waals surface area contributed by atoms with E-state index in [0.29, 0.717) is 6.54 Å². The van der Waals surface area contributed by atoms with E-state index in [4.69, 9.17) is 0 Å². The molecule has 0 heterocycles. The van der Waals surface area contributed by atoms with Crippen molar-refractivity contribution in [2.24, 2.45) is 0 Å². The highest BCUT2D eigenvalue weighted by molar-refractivity contribution is 6.06. The molecule has 0 saturated carbocycles. The molecule has 0 fully saturated rings. The highest BCUT2D eigenvalue weighted by Gasteiger charge is 2.13.